The van der Waals surface area contributed by atoms with Crippen LogP contribution in [0.15, 0.2) is 18.2 Å². The first-order chi connectivity index (χ1) is 11.3. The van der Waals surface area contributed by atoms with E-state index >= 15 is 0 Å². The maximum absolute atomic E-state index is 12.0. The zero-order chi connectivity index (χ0) is 16.1. The molecule has 1 fully saturated rings. The number of ether oxygens (including phenoxy) is 1. The van der Waals surface area contributed by atoms with Crippen molar-refractivity contribution < 1.29 is 14.6 Å². The summed E-state index contributed by atoms with van der Waals surface area (Å²) in [6.07, 6.45) is 6.02. The lowest BCUT2D eigenvalue weighted by atomic mass is 9.85. The van der Waals surface area contributed by atoms with Crippen molar-refractivity contribution in [1.82, 2.24) is 10.6 Å². The van der Waals surface area contributed by atoms with Gasteiger partial charge in [-0.05, 0) is 36.5 Å². The zero-order valence-corrected chi connectivity index (χ0v) is 13.5. The number of benzene rings is 1. The van der Waals surface area contributed by atoms with E-state index in [1.807, 2.05) is 6.07 Å². The smallest absolute Gasteiger partial charge is 0.315 e. The highest BCUT2D eigenvalue weighted by Gasteiger charge is 2.25. The van der Waals surface area contributed by atoms with Crippen LogP contribution < -0.4 is 15.4 Å². The van der Waals surface area contributed by atoms with E-state index < -0.39 is 0 Å². The number of nitrogens with one attached hydrogen (secondary N) is 2. The third kappa shape index (κ3) is 4.16. The predicted octanol–water partition coefficient (Wildman–Crippen LogP) is 2.01. The van der Waals surface area contributed by atoms with Crippen molar-refractivity contribution in [3.05, 3.63) is 29.3 Å². The molecule has 3 rings (SSSR count). The fraction of sp³-hybridized carbons (Fsp3) is 0.611. The lowest BCUT2D eigenvalue weighted by Gasteiger charge is -2.30. The molecule has 126 valence electrons. The average Bonchev–Trinajstić information content (AvgIpc) is 3.03. The summed E-state index contributed by atoms with van der Waals surface area (Å²) >= 11 is 0. The van der Waals surface area contributed by atoms with Crippen molar-refractivity contribution in [2.45, 2.75) is 44.6 Å². The molecule has 1 aliphatic carbocycles. The monoisotopic (exact) mass is 318 g/mol. The number of aliphatic hydroxyl groups is 1. The van der Waals surface area contributed by atoms with Gasteiger partial charge in [0.25, 0.3) is 0 Å². The second kappa shape index (κ2) is 7.68. The van der Waals surface area contributed by atoms with Crippen molar-refractivity contribution in [1.29, 1.82) is 0 Å². The molecule has 0 spiro atoms. The predicted molar refractivity (Wildman–Crippen MR) is 88.7 cm³/mol. The fourth-order valence-electron chi connectivity index (χ4n) is 3.55. The molecule has 0 radical (unpaired) electrons. The van der Waals surface area contributed by atoms with E-state index in [0.29, 0.717) is 6.54 Å². The van der Waals surface area contributed by atoms with Gasteiger partial charge in [0.05, 0.1) is 6.61 Å². The molecule has 0 bridgehead atoms. The van der Waals surface area contributed by atoms with Gasteiger partial charge in [0, 0.05) is 31.5 Å². The summed E-state index contributed by atoms with van der Waals surface area (Å²) in [5.41, 5.74) is 2.49. The van der Waals surface area contributed by atoms with Gasteiger partial charge >= 0.3 is 6.03 Å². The fourth-order valence-corrected chi connectivity index (χ4v) is 3.55. The van der Waals surface area contributed by atoms with E-state index in [1.54, 1.807) is 0 Å². The number of hydrogen-bond donors (Lipinski definition) is 3. The lowest BCUT2D eigenvalue weighted by Crippen LogP contribution is -2.48. The van der Waals surface area contributed by atoms with Gasteiger partial charge in [0.2, 0.25) is 0 Å². The Balaban J connectivity index is 1.42. The Kier molecular flexibility index (Phi) is 5.39. The minimum absolute atomic E-state index is 0.103. The Hall–Kier alpha value is -1.75. The van der Waals surface area contributed by atoms with Crippen LogP contribution in [0.1, 0.15) is 36.8 Å². The molecule has 23 heavy (non-hydrogen) atoms. The Morgan fingerprint density at radius 2 is 2.17 bits per heavy atom. The first kappa shape index (κ1) is 16.1. The third-order valence-corrected chi connectivity index (χ3v) is 4.91. The van der Waals surface area contributed by atoms with Gasteiger partial charge in [0.15, 0.2) is 0 Å². The van der Waals surface area contributed by atoms with E-state index in [2.05, 4.69) is 22.8 Å². The summed E-state index contributed by atoms with van der Waals surface area (Å²) in [4.78, 5) is 12.0. The van der Waals surface area contributed by atoms with Gasteiger partial charge in [-0.2, -0.15) is 0 Å². The molecule has 2 unspecified atom stereocenters. The SMILES string of the molecule is O=C(NCCc1ccc2c(c1)CCO2)NC1CCCCC1CO. The van der Waals surface area contributed by atoms with Crippen LogP contribution in [0, 0.1) is 5.92 Å². The van der Waals surface area contributed by atoms with Crippen LogP contribution >= 0.6 is 0 Å². The van der Waals surface area contributed by atoms with Crippen LogP contribution in [0.25, 0.3) is 0 Å². The van der Waals surface area contributed by atoms with E-state index in [1.165, 1.54) is 11.1 Å². The maximum atomic E-state index is 12.0. The Labute approximate surface area is 137 Å². The number of amides is 2. The van der Waals surface area contributed by atoms with Crippen molar-refractivity contribution in [2.75, 3.05) is 19.8 Å². The first-order valence-electron chi connectivity index (χ1n) is 8.66. The van der Waals surface area contributed by atoms with E-state index in [4.69, 9.17) is 4.74 Å². The van der Waals surface area contributed by atoms with Gasteiger partial charge < -0.3 is 20.5 Å². The van der Waals surface area contributed by atoms with Crippen LogP contribution in [0.2, 0.25) is 0 Å². The topological polar surface area (TPSA) is 70.6 Å². The number of carbonyl (C=O) groups excluding carboxylic acids is 1. The standard InChI is InChI=1S/C18H26N2O3/c21-12-15-3-1-2-4-16(15)20-18(22)19-9-7-13-5-6-17-14(11-13)8-10-23-17/h5-6,11,15-16,21H,1-4,7-10,12H2,(H2,19,20,22). The highest BCUT2D eigenvalue weighted by molar-refractivity contribution is 5.74. The normalized spacial score (nSPS) is 23.0. The van der Waals surface area contributed by atoms with Gasteiger partial charge in [-0.1, -0.05) is 25.0 Å². The highest BCUT2D eigenvalue weighted by atomic mass is 16.5. The van der Waals surface area contributed by atoms with Crippen LogP contribution in [0.3, 0.4) is 0 Å². The number of aliphatic hydroxyl groups excluding tert-OH is 1. The van der Waals surface area contributed by atoms with E-state index in [0.717, 1.165) is 50.9 Å². The molecule has 1 saturated carbocycles. The van der Waals surface area contributed by atoms with Crippen LogP contribution in [-0.2, 0) is 12.8 Å². The molecule has 3 N–H and O–H groups in total. The lowest BCUT2D eigenvalue weighted by molar-refractivity contribution is 0.154. The Morgan fingerprint density at radius 3 is 3.04 bits per heavy atom. The molecule has 1 heterocycles. The third-order valence-electron chi connectivity index (χ3n) is 4.91. The summed E-state index contributed by atoms with van der Waals surface area (Å²) in [7, 11) is 0. The van der Waals surface area contributed by atoms with Crippen molar-refractivity contribution >= 4 is 6.03 Å². The second-order valence-electron chi connectivity index (χ2n) is 6.52. The van der Waals surface area contributed by atoms with Crippen LogP contribution in [0.4, 0.5) is 4.79 Å². The summed E-state index contributed by atoms with van der Waals surface area (Å²) in [5.74, 6) is 1.19. The van der Waals surface area contributed by atoms with Gasteiger partial charge in [-0.25, -0.2) is 4.79 Å². The molecule has 2 amide bonds. The molecular formula is C18H26N2O3. The second-order valence-corrected chi connectivity index (χ2v) is 6.52. The number of rotatable bonds is 5. The molecule has 1 aromatic carbocycles. The maximum Gasteiger partial charge on any atom is 0.315 e. The Bertz CT molecular complexity index is 547. The summed E-state index contributed by atoms with van der Waals surface area (Å²) in [6, 6.07) is 6.23. The van der Waals surface area contributed by atoms with Gasteiger partial charge in [0.1, 0.15) is 5.75 Å². The number of hydrogen-bond acceptors (Lipinski definition) is 3. The Morgan fingerprint density at radius 1 is 1.30 bits per heavy atom. The first-order valence-corrected chi connectivity index (χ1v) is 8.66. The molecular weight excluding hydrogens is 292 g/mol. The number of urea groups is 1. The van der Waals surface area contributed by atoms with Crippen molar-refractivity contribution in [2.24, 2.45) is 5.92 Å². The van der Waals surface area contributed by atoms with E-state index in [-0.39, 0.29) is 24.6 Å². The molecule has 2 aliphatic rings. The van der Waals surface area contributed by atoms with Crippen LogP contribution in [-0.4, -0.2) is 36.9 Å². The minimum atomic E-state index is -0.125. The summed E-state index contributed by atoms with van der Waals surface area (Å²) < 4.78 is 5.50. The molecule has 0 aromatic heterocycles. The molecule has 1 aliphatic heterocycles. The van der Waals surface area contributed by atoms with Gasteiger partial charge in [-0.3, -0.25) is 0 Å². The van der Waals surface area contributed by atoms with Crippen molar-refractivity contribution in [3.8, 4) is 5.75 Å². The minimum Gasteiger partial charge on any atom is -0.493 e. The average molecular weight is 318 g/mol. The zero-order valence-electron chi connectivity index (χ0n) is 13.5. The van der Waals surface area contributed by atoms with Crippen LogP contribution in [0.5, 0.6) is 5.75 Å². The quantitative estimate of drug-likeness (QED) is 0.778. The summed E-state index contributed by atoms with van der Waals surface area (Å²) in [5, 5.41) is 15.3. The molecule has 0 saturated heterocycles. The summed E-state index contributed by atoms with van der Waals surface area (Å²) in [6.45, 7) is 1.54. The van der Waals surface area contributed by atoms with E-state index in [9.17, 15) is 9.90 Å². The largest absolute Gasteiger partial charge is 0.493 e. The molecule has 5 heteroatoms. The number of fused-ring (bicyclic) bond motifs is 1. The number of carbonyl (C=O) groups is 1. The van der Waals surface area contributed by atoms with Gasteiger partial charge in [-0.15, -0.1) is 0 Å². The molecule has 5 nitrogen and oxygen atoms in total. The van der Waals surface area contributed by atoms with Crippen molar-refractivity contribution in [3.63, 3.8) is 0 Å². The molecule has 1 aromatic rings. The highest BCUT2D eigenvalue weighted by Crippen LogP contribution is 2.26. The molecule has 2 atom stereocenters.